The molecule has 1 N–H and O–H groups in total. The number of hydrogen-bond donors (Lipinski definition) is 1. The molecule has 142 valence electrons. The summed E-state index contributed by atoms with van der Waals surface area (Å²) in [5.74, 6) is 0.806. The molecule has 6 heteroatoms. The highest BCUT2D eigenvalue weighted by atomic mass is 16.5. The number of nitrogens with zero attached hydrogens (tertiary/aromatic N) is 1. The van der Waals surface area contributed by atoms with Gasteiger partial charge < -0.3 is 19.7 Å². The fourth-order valence-electron chi connectivity index (χ4n) is 3.05. The van der Waals surface area contributed by atoms with E-state index < -0.39 is 5.92 Å². The number of amides is 2. The largest absolute Gasteiger partial charge is 0.497 e. The van der Waals surface area contributed by atoms with Crippen LogP contribution in [0.4, 0.5) is 11.4 Å². The second-order valence-electron chi connectivity index (χ2n) is 6.79. The molecular weight excluding hydrogens is 344 g/mol. The van der Waals surface area contributed by atoms with Crippen molar-refractivity contribution in [2.75, 3.05) is 23.9 Å². The minimum absolute atomic E-state index is 0.0571. The minimum atomic E-state index is -0.393. The van der Waals surface area contributed by atoms with E-state index in [1.54, 1.807) is 30.2 Å². The SMILES string of the molecule is COc1cccc(NC(=O)C2CC(=O)N(c3ccc(OC(C)C)cc3)C2)c1. The normalized spacial score (nSPS) is 16.5. The van der Waals surface area contributed by atoms with Crippen LogP contribution < -0.4 is 19.7 Å². The van der Waals surface area contributed by atoms with Gasteiger partial charge in [0.05, 0.1) is 19.1 Å². The summed E-state index contributed by atoms with van der Waals surface area (Å²) in [4.78, 5) is 26.6. The van der Waals surface area contributed by atoms with E-state index >= 15 is 0 Å². The Labute approximate surface area is 159 Å². The number of rotatable bonds is 6. The molecular formula is C21H24N2O4. The molecule has 1 heterocycles. The molecule has 3 rings (SSSR count). The zero-order chi connectivity index (χ0) is 19.4. The van der Waals surface area contributed by atoms with Gasteiger partial charge in [0.1, 0.15) is 11.5 Å². The Bertz CT molecular complexity index is 817. The summed E-state index contributed by atoms with van der Waals surface area (Å²) in [7, 11) is 1.58. The molecule has 1 aliphatic rings. The van der Waals surface area contributed by atoms with Crippen LogP contribution in [-0.4, -0.2) is 31.6 Å². The lowest BCUT2D eigenvalue weighted by Crippen LogP contribution is -2.28. The average Bonchev–Trinajstić information content (AvgIpc) is 3.04. The molecule has 0 aliphatic carbocycles. The Morgan fingerprint density at radius 1 is 1.15 bits per heavy atom. The highest BCUT2D eigenvalue weighted by Crippen LogP contribution is 2.28. The van der Waals surface area contributed by atoms with Crippen LogP contribution in [0.1, 0.15) is 20.3 Å². The van der Waals surface area contributed by atoms with Gasteiger partial charge in [-0.1, -0.05) is 6.07 Å². The molecule has 2 amide bonds. The number of anilines is 2. The topological polar surface area (TPSA) is 67.9 Å². The number of hydrogen-bond acceptors (Lipinski definition) is 4. The number of carbonyl (C=O) groups is 2. The van der Waals surface area contributed by atoms with Crippen LogP contribution in [0.5, 0.6) is 11.5 Å². The lowest BCUT2D eigenvalue weighted by Gasteiger charge is -2.18. The zero-order valence-corrected chi connectivity index (χ0v) is 15.8. The maximum Gasteiger partial charge on any atom is 0.229 e. The van der Waals surface area contributed by atoms with Gasteiger partial charge in [0.25, 0.3) is 0 Å². The summed E-state index contributed by atoms with van der Waals surface area (Å²) < 4.78 is 10.8. The molecule has 6 nitrogen and oxygen atoms in total. The molecule has 1 atom stereocenters. The number of ether oxygens (including phenoxy) is 2. The second-order valence-corrected chi connectivity index (χ2v) is 6.79. The van der Waals surface area contributed by atoms with Gasteiger partial charge in [0, 0.05) is 30.4 Å². The van der Waals surface area contributed by atoms with Gasteiger partial charge in [-0.2, -0.15) is 0 Å². The number of methoxy groups -OCH3 is 1. The van der Waals surface area contributed by atoms with Crippen LogP contribution in [0, 0.1) is 5.92 Å². The smallest absolute Gasteiger partial charge is 0.229 e. The van der Waals surface area contributed by atoms with Crippen molar-refractivity contribution < 1.29 is 19.1 Å². The van der Waals surface area contributed by atoms with Crippen molar-refractivity contribution in [3.05, 3.63) is 48.5 Å². The van der Waals surface area contributed by atoms with Crippen LogP contribution in [0.25, 0.3) is 0 Å². The van der Waals surface area contributed by atoms with Crippen molar-refractivity contribution in [1.82, 2.24) is 0 Å². The second kappa shape index (κ2) is 8.12. The van der Waals surface area contributed by atoms with Gasteiger partial charge in [0.2, 0.25) is 11.8 Å². The predicted molar refractivity (Wildman–Crippen MR) is 104 cm³/mol. The van der Waals surface area contributed by atoms with Crippen LogP contribution in [-0.2, 0) is 9.59 Å². The van der Waals surface area contributed by atoms with Gasteiger partial charge in [-0.25, -0.2) is 0 Å². The first-order chi connectivity index (χ1) is 13.0. The van der Waals surface area contributed by atoms with E-state index in [4.69, 9.17) is 9.47 Å². The first-order valence-corrected chi connectivity index (χ1v) is 8.98. The van der Waals surface area contributed by atoms with Crippen molar-refractivity contribution in [3.8, 4) is 11.5 Å². The number of nitrogens with one attached hydrogen (secondary N) is 1. The summed E-state index contributed by atoms with van der Waals surface area (Å²) in [6.45, 7) is 4.28. The van der Waals surface area contributed by atoms with E-state index in [0.717, 1.165) is 11.4 Å². The van der Waals surface area contributed by atoms with Crippen molar-refractivity contribution in [1.29, 1.82) is 0 Å². The van der Waals surface area contributed by atoms with Crippen molar-refractivity contribution >= 4 is 23.2 Å². The average molecular weight is 368 g/mol. The highest BCUT2D eigenvalue weighted by molar-refractivity contribution is 6.03. The monoisotopic (exact) mass is 368 g/mol. The fourth-order valence-corrected chi connectivity index (χ4v) is 3.05. The minimum Gasteiger partial charge on any atom is -0.497 e. The Balaban J connectivity index is 1.64. The van der Waals surface area contributed by atoms with Crippen molar-refractivity contribution in [3.63, 3.8) is 0 Å². The molecule has 0 spiro atoms. The molecule has 0 saturated carbocycles. The third kappa shape index (κ3) is 4.58. The van der Waals surface area contributed by atoms with Gasteiger partial charge >= 0.3 is 0 Å². The number of benzene rings is 2. The first-order valence-electron chi connectivity index (χ1n) is 8.98. The van der Waals surface area contributed by atoms with Crippen LogP contribution in [0.15, 0.2) is 48.5 Å². The Kier molecular flexibility index (Phi) is 5.64. The van der Waals surface area contributed by atoms with Crippen molar-refractivity contribution in [2.24, 2.45) is 5.92 Å². The molecule has 27 heavy (non-hydrogen) atoms. The lowest BCUT2D eigenvalue weighted by molar-refractivity contribution is -0.122. The van der Waals surface area contributed by atoms with E-state index in [2.05, 4.69) is 5.32 Å². The van der Waals surface area contributed by atoms with E-state index in [0.29, 0.717) is 18.0 Å². The van der Waals surface area contributed by atoms with Gasteiger partial charge in [-0.15, -0.1) is 0 Å². The third-order valence-corrected chi connectivity index (χ3v) is 4.35. The van der Waals surface area contributed by atoms with Crippen LogP contribution in [0.3, 0.4) is 0 Å². The summed E-state index contributed by atoms with van der Waals surface area (Å²) in [5.41, 5.74) is 1.42. The molecule has 2 aromatic rings. The zero-order valence-electron chi connectivity index (χ0n) is 15.8. The summed E-state index contributed by atoms with van der Waals surface area (Å²) in [6, 6.07) is 14.5. The van der Waals surface area contributed by atoms with E-state index in [1.807, 2.05) is 44.2 Å². The third-order valence-electron chi connectivity index (χ3n) is 4.35. The predicted octanol–water partition coefficient (Wildman–Crippen LogP) is 3.47. The standard InChI is InChI=1S/C21H24N2O4/c1-14(2)27-18-9-7-17(8-10-18)23-13-15(11-20(23)24)21(25)22-16-5-4-6-19(12-16)26-3/h4-10,12,14-15H,11,13H2,1-3H3,(H,22,25). The maximum atomic E-state index is 12.6. The summed E-state index contributed by atoms with van der Waals surface area (Å²) in [6.07, 6.45) is 0.286. The molecule has 2 aromatic carbocycles. The quantitative estimate of drug-likeness (QED) is 0.848. The van der Waals surface area contributed by atoms with E-state index in [9.17, 15) is 9.59 Å². The fraction of sp³-hybridized carbons (Fsp3) is 0.333. The van der Waals surface area contributed by atoms with E-state index in [-0.39, 0.29) is 24.3 Å². The Morgan fingerprint density at radius 3 is 2.56 bits per heavy atom. The van der Waals surface area contributed by atoms with Gasteiger partial charge in [-0.3, -0.25) is 9.59 Å². The maximum absolute atomic E-state index is 12.6. The van der Waals surface area contributed by atoms with Crippen LogP contribution in [0.2, 0.25) is 0 Å². The summed E-state index contributed by atoms with van der Waals surface area (Å²) in [5, 5.41) is 2.86. The molecule has 1 aliphatic heterocycles. The molecule has 0 radical (unpaired) electrons. The molecule has 1 saturated heterocycles. The van der Waals surface area contributed by atoms with E-state index in [1.165, 1.54) is 0 Å². The number of carbonyl (C=O) groups excluding carboxylic acids is 2. The van der Waals surface area contributed by atoms with Crippen molar-refractivity contribution in [2.45, 2.75) is 26.4 Å². The Morgan fingerprint density at radius 2 is 1.89 bits per heavy atom. The summed E-state index contributed by atoms with van der Waals surface area (Å²) >= 11 is 0. The van der Waals surface area contributed by atoms with Gasteiger partial charge in [-0.05, 0) is 50.2 Å². The molecule has 0 aromatic heterocycles. The molecule has 0 bridgehead atoms. The van der Waals surface area contributed by atoms with Gasteiger partial charge in [0.15, 0.2) is 0 Å². The first kappa shape index (κ1) is 18.8. The highest BCUT2D eigenvalue weighted by Gasteiger charge is 2.35. The lowest BCUT2D eigenvalue weighted by atomic mass is 10.1. The molecule has 1 fully saturated rings. The Hall–Kier alpha value is -3.02. The van der Waals surface area contributed by atoms with Crippen LogP contribution >= 0.6 is 0 Å². The molecule has 1 unspecified atom stereocenters.